The summed E-state index contributed by atoms with van der Waals surface area (Å²) in [6, 6.07) is 8.69. The summed E-state index contributed by atoms with van der Waals surface area (Å²) in [5.41, 5.74) is 2.57. The maximum atomic E-state index is 6.13. The van der Waals surface area contributed by atoms with Gasteiger partial charge in [0.1, 0.15) is 5.82 Å². The Morgan fingerprint density at radius 3 is 2.31 bits per heavy atom. The van der Waals surface area contributed by atoms with Crippen LogP contribution in [0.25, 0.3) is 11.3 Å². The Labute approximate surface area is 156 Å². The summed E-state index contributed by atoms with van der Waals surface area (Å²) in [5, 5.41) is 3.52. The molecule has 5 nitrogen and oxygen atoms in total. The molecule has 2 fully saturated rings. The number of rotatable bonds is 3. The molecule has 2 aliphatic heterocycles. The topological polar surface area (TPSA) is 59.2 Å². The summed E-state index contributed by atoms with van der Waals surface area (Å²) in [4.78, 5) is 8.05. The first-order valence-electron chi connectivity index (χ1n) is 9.49. The fourth-order valence-corrected chi connectivity index (χ4v) is 3.58. The summed E-state index contributed by atoms with van der Waals surface area (Å²) in [6.45, 7) is 11.6. The second-order valence-electron chi connectivity index (χ2n) is 8.69. The molecule has 2 N–H and O–H groups in total. The molecule has 3 heterocycles. The molecule has 6 heteroatoms. The van der Waals surface area contributed by atoms with Gasteiger partial charge in [-0.05, 0) is 57.6 Å². The third-order valence-electron chi connectivity index (χ3n) is 6.02. The third-order valence-corrected chi connectivity index (χ3v) is 6.02. The molecule has 0 radical (unpaired) electrons. The number of hydrogen-bond acceptors (Lipinski definition) is 4. The molecule has 0 aliphatic carbocycles. The molecule has 0 bridgehead atoms. The van der Waals surface area contributed by atoms with Gasteiger partial charge in [0.05, 0.1) is 29.1 Å². The number of imidazole rings is 1. The number of aromatic amines is 1. The lowest BCUT2D eigenvalue weighted by molar-refractivity contribution is 0.00578. The number of aromatic nitrogens is 2. The molecular weight excluding hydrogens is 325 g/mol. The highest BCUT2D eigenvalue weighted by molar-refractivity contribution is 6.62. The number of nitrogens with zero attached hydrogens (tertiary/aromatic N) is 1. The molecule has 4 rings (SSSR count). The first-order chi connectivity index (χ1) is 12.2. The summed E-state index contributed by atoms with van der Waals surface area (Å²) >= 11 is 0. The van der Waals surface area contributed by atoms with Gasteiger partial charge >= 0.3 is 7.12 Å². The van der Waals surface area contributed by atoms with Gasteiger partial charge in [0, 0.05) is 0 Å². The smallest absolute Gasteiger partial charge is 0.399 e. The highest BCUT2D eigenvalue weighted by Gasteiger charge is 2.51. The highest BCUT2D eigenvalue weighted by atomic mass is 16.7. The van der Waals surface area contributed by atoms with Crippen molar-refractivity contribution in [2.24, 2.45) is 5.92 Å². The minimum absolute atomic E-state index is 0.319. The van der Waals surface area contributed by atoms with Crippen molar-refractivity contribution < 1.29 is 9.31 Å². The van der Waals surface area contributed by atoms with E-state index in [0.29, 0.717) is 12.0 Å². The van der Waals surface area contributed by atoms with Gasteiger partial charge in [0.25, 0.3) is 0 Å². The zero-order chi connectivity index (χ0) is 18.5. The molecular formula is C20H28BN3O2. The molecule has 0 spiro atoms. The second kappa shape index (κ2) is 6.22. The second-order valence-corrected chi connectivity index (χ2v) is 8.69. The first kappa shape index (κ1) is 17.8. The van der Waals surface area contributed by atoms with Crippen molar-refractivity contribution in [2.75, 3.05) is 6.54 Å². The Morgan fingerprint density at radius 1 is 1.08 bits per heavy atom. The fourth-order valence-electron chi connectivity index (χ4n) is 3.58. The zero-order valence-electron chi connectivity index (χ0n) is 16.3. The van der Waals surface area contributed by atoms with Gasteiger partial charge in [0.2, 0.25) is 0 Å². The van der Waals surface area contributed by atoms with E-state index in [1.165, 1.54) is 0 Å². The van der Waals surface area contributed by atoms with E-state index >= 15 is 0 Å². The first-order valence-corrected chi connectivity index (χ1v) is 9.49. The summed E-state index contributed by atoms with van der Waals surface area (Å²) in [7, 11) is -0.324. The summed E-state index contributed by atoms with van der Waals surface area (Å²) in [5.74, 6) is 1.73. The van der Waals surface area contributed by atoms with Crippen molar-refractivity contribution in [2.45, 2.75) is 58.3 Å². The van der Waals surface area contributed by atoms with E-state index in [0.717, 1.165) is 35.5 Å². The van der Waals surface area contributed by atoms with Crippen molar-refractivity contribution in [3.05, 3.63) is 36.3 Å². The van der Waals surface area contributed by atoms with Crippen molar-refractivity contribution in [3.63, 3.8) is 0 Å². The Hall–Kier alpha value is -1.63. The molecule has 2 atom stereocenters. The molecule has 1 aromatic carbocycles. The van der Waals surface area contributed by atoms with E-state index < -0.39 is 0 Å². The molecule has 0 amide bonds. The van der Waals surface area contributed by atoms with Gasteiger partial charge in [-0.25, -0.2) is 4.98 Å². The van der Waals surface area contributed by atoms with Gasteiger partial charge in [-0.1, -0.05) is 31.2 Å². The third kappa shape index (κ3) is 3.11. The van der Waals surface area contributed by atoms with Crippen LogP contribution in [0.15, 0.2) is 30.5 Å². The minimum Gasteiger partial charge on any atom is -0.399 e. The van der Waals surface area contributed by atoms with Crippen LogP contribution in [0.4, 0.5) is 0 Å². The minimum atomic E-state index is -0.324. The van der Waals surface area contributed by atoms with E-state index in [4.69, 9.17) is 9.31 Å². The predicted molar refractivity (Wildman–Crippen MR) is 104 cm³/mol. The van der Waals surface area contributed by atoms with Crippen LogP contribution in [-0.4, -0.2) is 34.8 Å². The van der Waals surface area contributed by atoms with Crippen molar-refractivity contribution in [3.8, 4) is 11.3 Å². The molecule has 26 heavy (non-hydrogen) atoms. The predicted octanol–water partition coefficient (Wildman–Crippen LogP) is 3.05. The van der Waals surface area contributed by atoms with Crippen LogP contribution in [0.1, 0.15) is 52.9 Å². The highest BCUT2D eigenvalue weighted by Crippen LogP contribution is 2.36. The van der Waals surface area contributed by atoms with Crippen LogP contribution in [0, 0.1) is 5.92 Å². The van der Waals surface area contributed by atoms with Crippen LogP contribution in [0.3, 0.4) is 0 Å². The molecule has 0 saturated carbocycles. The number of H-pyrrole nitrogens is 1. The lowest BCUT2D eigenvalue weighted by Gasteiger charge is -2.32. The van der Waals surface area contributed by atoms with E-state index in [1.54, 1.807) is 0 Å². The number of hydrogen-bond donors (Lipinski definition) is 2. The van der Waals surface area contributed by atoms with E-state index in [2.05, 4.69) is 74.2 Å². The monoisotopic (exact) mass is 353 g/mol. The maximum Gasteiger partial charge on any atom is 0.494 e. The quantitative estimate of drug-likeness (QED) is 0.833. The Morgan fingerprint density at radius 2 is 1.73 bits per heavy atom. The molecule has 2 saturated heterocycles. The zero-order valence-corrected chi connectivity index (χ0v) is 16.3. The number of nitrogens with one attached hydrogen (secondary N) is 2. The average Bonchev–Trinajstić information content (AvgIpc) is 3.26. The van der Waals surface area contributed by atoms with Crippen molar-refractivity contribution in [1.82, 2.24) is 15.3 Å². The van der Waals surface area contributed by atoms with Gasteiger partial charge in [-0.3, -0.25) is 0 Å². The Balaban J connectivity index is 1.50. The Bertz CT molecular complexity index is 769. The van der Waals surface area contributed by atoms with Crippen LogP contribution >= 0.6 is 0 Å². The molecule has 1 aromatic heterocycles. The van der Waals surface area contributed by atoms with Crippen molar-refractivity contribution >= 4 is 12.6 Å². The van der Waals surface area contributed by atoms with Gasteiger partial charge in [-0.15, -0.1) is 0 Å². The largest absolute Gasteiger partial charge is 0.494 e. The van der Waals surface area contributed by atoms with Gasteiger partial charge in [-0.2, -0.15) is 0 Å². The van der Waals surface area contributed by atoms with E-state index in [9.17, 15) is 0 Å². The maximum absolute atomic E-state index is 6.13. The van der Waals surface area contributed by atoms with Gasteiger partial charge < -0.3 is 19.6 Å². The van der Waals surface area contributed by atoms with Crippen LogP contribution in [-0.2, 0) is 9.31 Å². The molecule has 2 aromatic rings. The van der Waals surface area contributed by atoms with Crippen LogP contribution in [0.2, 0.25) is 0 Å². The van der Waals surface area contributed by atoms with E-state index in [-0.39, 0.29) is 18.3 Å². The standard InChI is InChI=1S/C20H28BN3O2/c1-13-10-16(22-11-13)18-23-12-17(24-18)14-6-8-15(9-7-14)21-25-19(2,3)20(4,5)26-21/h6-9,12-13,16,22H,10-11H2,1-5H3,(H,23,24)/t13-,16-/m0/s1. The number of benzene rings is 1. The Kier molecular flexibility index (Phi) is 4.25. The van der Waals surface area contributed by atoms with Gasteiger partial charge in [0.15, 0.2) is 0 Å². The lowest BCUT2D eigenvalue weighted by Crippen LogP contribution is -2.41. The molecule has 0 unspecified atom stereocenters. The molecule has 138 valence electrons. The van der Waals surface area contributed by atoms with Crippen molar-refractivity contribution in [1.29, 1.82) is 0 Å². The summed E-state index contributed by atoms with van der Waals surface area (Å²) in [6.07, 6.45) is 3.05. The lowest BCUT2D eigenvalue weighted by atomic mass is 9.79. The fraction of sp³-hybridized carbons (Fsp3) is 0.550. The molecule has 2 aliphatic rings. The normalized spacial score (nSPS) is 27.2. The summed E-state index contributed by atoms with van der Waals surface area (Å²) < 4.78 is 12.3. The SMILES string of the molecule is C[C@@H]1CN[C@H](c2ncc(-c3ccc(B4OC(C)(C)C(C)(C)O4)cc3)[nH]2)C1. The van der Waals surface area contributed by atoms with E-state index in [1.807, 2.05) is 6.20 Å². The van der Waals surface area contributed by atoms with Crippen LogP contribution < -0.4 is 10.8 Å². The van der Waals surface area contributed by atoms with Crippen LogP contribution in [0.5, 0.6) is 0 Å². The average molecular weight is 353 g/mol.